The van der Waals surface area contributed by atoms with Gasteiger partial charge in [-0.25, -0.2) is 4.79 Å². The van der Waals surface area contributed by atoms with Gasteiger partial charge >= 0.3 is 5.97 Å². The van der Waals surface area contributed by atoms with Gasteiger partial charge in [0.05, 0.1) is 12.3 Å². The number of hydrogen-bond donors (Lipinski definition) is 0. The molecule has 1 heterocycles. The van der Waals surface area contributed by atoms with E-state index in [1.165, 1.54) is 0 Å². The van der Waals surface area contributed by atoms with Crippen molar-refractivity contribution in [2.24, 2.45) is 0 Å². The molecule has 0 atom stereocenters. The molecular weight excluding hydrogens is 208 g/mol. The van der Waals surface area contributed by atoms with E-state index in [2.05, 4.69) is 5.16 Å². The fourth-order valence-electron chi connectivity index (χ4n) is 1.17. The Morgan fingerprint density at radius 1 is 1.62 bits per heavy atom. The van der Waals surface area contributed by atoms with Crippen molar-refractivity contribution in [3.8, 4) is 0 Å². The molecule has 1 rings (SSSR count). The van der Waals surface area contributed by atoms with E-state index in [-0.39, 0.29) is 0 Å². The molecule has 5 nitrogen and oxygen atoms in total. The minimum absolute atomic E-state index is 0.330. The van der Waals surface area contributed by atoms with Crippen LogP contribution in [-0.2, 0) is 9.53 Å². The van der Waals surface area contributed by atoms with E-state index in [0.717, 1.165) is 5.69 Å². The standard InChI is InChI=1S/C11H16N2O3/c1-5-15-11(14)9(7-13(3)4)10-6-8(2)12-16-10/h6-7H,5H2,1-4H3. The minimum Gasteiger partial charge on any atom is -0.462 e. The SMILES string of the molecule is CCOC(=O)C(=CN(C)C)c1cc(C)no1. The summed E-state index contributed by atoms with van der Waals surface area (Å²) < 4.78 is 10.00. The minimum atomic E-state index is -0.410. The molecule has 5 heteroatoms. The van der Waals surface area contributed by atoms with Crippen LogP contribution in [0, 0.1) is 6.92 Å². The molecule has 0 bridgehead atoms. The maximum absolute atomic E-state index is 11.7. The van der Waals surface area contributed by atoms with Crippen molar-refractivity contribution < 1.29 is 14.1 Å². The lowest BCUT2D eigenvalue weighted by Crippen LogP contribution is -2.11. The highest BCUT2D eigenvalue weighted by Gasteiger charge is 2.18. The van der Waals surface area contributed by atoms with Gasteiger partial charge in [-0.05, 0) is 13.8 Å². The van der Waals surface area contributed by atoms with Crippen LogP contribution in [0.3, 0.4) is 0 Å². The lowest BCUT2D eigenvalue weighted by molar-refractivity contribution is -0.136. The maximum Gasteiger partial charge on any atom is 0.343 e. The predicted molar refractivity (Wildman–Crippen MR) is 59.5 cm³/mol. The van der Waals surface area contributed by atoms with Gasteiger partial charge in [0.25, 0.3) is 0 Å². The molecule has 0 saturated heterocycles. The van der Waals surface area contributed by atoms with Crippen LogP contribution in [0.5, 0.6) is 0 Å². The summed E-state index contributed by atoms with van der Waals surface area (Å²) >= 11 is 0. The Kier molecular flexibility index (Phi) is 4.10. The van der Waals surface area contributed by atoms with E-state index in [9.17, 15) is 4.79 Å². The van der Waals surface area contributed by atoms with Crippen molar-refractivity contribution in [3.63, 3.8) is 0 Å². The van der Waals surface area contributed by atoms with Gasteiger partial charge in [-0.15, -0.1) is 0 Å². The van der Waals surface area contributed by atoms with Crippen LogP contribution in [0.4, 0.5) is 0 Å². The summed E-state index contributed by atoms with van der Waals surface area (Å²) in [7, 11) is 3.64. The van der Waals surface area contributed by atoms with Crippen molar-refractivity contribution in [1.29, 1.82) is 0 Å². The van der Waals surface area contributed by atoms with Gasteiger partial charge in [-0.1, -0.05) is 5.16 Å². The first-order valence-electron chi connectivity index (χ1n) is 5.03. The zero-order chi connectivity index (χ0) is 12.1. The largest absolute Gasteiger partial charge is 0.462 e. The molecule has 0 unspecified atom stereocenters. The first kappa shape index (κ1) is 12.3. The average Bonchev–Trinajstić information content (AvgIpc) is 2.61. The Hall–Kier alpha value is -1.78. The summed E-state index contributed by atoms with van der Waals surface area (Å²) in [4.78, 5) is 13.4. The molecular formula is C11H16N2O3. The molecule has 0 aliphatic heterocycles. The van der Waals surface area contributed by atoms with E-state index >= 15 is 0 Å². The molecule has 0 aliphatic rings. The number of esters is 1. The number of ether oxygens (including phenoxy) is 1. The molecule has 0 fully saturated rings. The van der Waals surface area contributed by atoms with Crippen molar-refractivity contribution in [2.75, 3.05) is 20.7 Å². The Balaban J connectivity index is 3.01. The number of aryl methyl sites for hydroxylation is 1. The van der Waals surface area contributed by atoms with Gasteiger partial charge in [0.1, 0.15) is 5.57 Å². The summed E-state index contributed by atoms with van der Waals surface area (Å²) in [6, 6.07) is 1.70. The highest BCUT2D eigenvalue weighted by molar-refractivity contribution is 6.15. The molecule has 0 spiro atoms. The third-order valence-electron chi connectivity index (χ3n) is 1.78. The van der Waals surface area contributed by atoms with Crippen molar-refractivity contribution in [2.45, 2.75) is 13.8 Å². The highest BCUT2D eigenvalue weighted by Crippen LogP contribution is 2.17. The van der Waals surface area contributed by atoms with Crippen LogP contribution in [-0.4, -0.2) is 36.7 Å². The molecule has 1 aromatic rings. The van der Waals surface area contributed by atoms with Gasteiger partial charge in [0.15, 0.2) is 5.76 Å². The molecule has 0 radical (unpaired) electrons. The Labute approximate surface area is 94.7 Å². The first-order chi connectivity index (χ1) is 7.54. The van der Waals surface area contributed by atoms with Crippen molar-refractivity contribution >= 4 is 11.5 Å². The van der Waals surface area contributed by atoms with Crippen LogP contribution in [0.15, 0.2) is 16.8 Å². The van der Waals surface area contributed by atoms with Crippen molar-refractivity contribution in [3.05, 3.63) is 23.7 Å². The number of carbonyl (C=O) groups is 1. The molecule has 0 aliphatic carbocycles. The summed E-state index contributed by atoms with van der Waals surface area (Å²) in [6.45, 7) is 3.89. The Bertz CT molecular complexity index is 394. The second-order valence-corrected chi connectivity index (χ2v) is 3.56. The smallest absolute Gasteiger partial charge is 0.343 e. The lowest BCUT2D eigenvalue weighted by atomic mass is 10.2. The number of nitrogens with zero attached hydrogens (tertiary/aromatic N) is 2. The Morgan fingerprint density at radius 2 is 2.31 bits per heavy atom. The van der Waals surface area contributed by atoms with Crippen LogP contribution >= 0.6 is 0 Å². The van der Waals surface area contributed by atoms with Crippen LogP contribution in [0.1, 0.15) is 18.4 Å². The van der Waals surface area contributed by atoms with Crippen LogP contribution < -0.4 is 0 Å². The van der Waals surface area contributed by atoms with E-state index in [1.807, 2.05) is 14.1 Å². The zero-order valence-electron chi connectivity index (χ0n) is 9.98. The first-order valence-corrected chi connectivity index (χ1v) is 5.03. The second kappa shape index (κ2) is 5.34. The number of carbonyl (C=O) groups excluding carboxylic acids is 1. The van der Waals surface area contributed by atoms with Crippen LogP contribution in [0.2, 0.25) is 0 Å². The zero-order valence-corrected chi connectivity index (χ0v) is 9.98. The number of hydrogen-bond acceptors (Lipinski definition) is 5. The quantitative estimate of drug-likeness (QED) is 0.572. The third-order valence-corrected chi connectivity index (χ3v) is 1.78. The predicted octanol–water partition coefficient (Wildman–Crippen LogP) is 1.45. The molecule has 1 aromatic heterocycles. The average molecular weight is 224 g/mol. The third kappa shape index (κ3) is 3.12. The number of aromatic nitrogens is 1. The monoisotopic (exact) mass is 224 g/mol. The molecule has 0 aromatic carbocycles. The molecule has 16 heavy (non-hydrogen) atoms. The fraction of sp³-hybridized carbons (Fsp3) is 0.455. The topological polar surface area (TPSA) is 55.6 Å². The van der Waals surface area contributed by atoms with E-state index in [0.29, 0.717) is 17.9 Å². The molecule has 0 saturated carbocycles. The highest BCUT2D eigenvalue weighted by atomic mass is 16.5. The van der Waals surface area contributed by atoms with E-state index in [1.54, 1.807) is 31.0 Å². The second-order valence-electron chi connectivity index (χ2n) is 3.56. The van der Waals surface area contributed by atoms with Gasteiger partial charge in [0, 0.05) is 26.4 Å². The Morgan fingerprint density at radius 3 is 2.75 bits per heavy atom. The summed E-state index contributed by atoms with van der Waals surface area (Å²) in [5.74, 6) is 0.0111. The summed E-state index contributed by atoms with van der Waals surface area (Å²) in [5, 5.41) is 3.75. The van der Waals surface area contributed by atoms with Crippen LogP contribution in [0.25, 0.3) is 5.57 Å². The lowest BCUT2D eigenvalue weighted by Gasteiger charge is -2.08. The summed E-state index contributed by atoms with van der Waals surface area (Å²) in [5.41, 5.74) is 1.09. The van der Waals surface area contributed by atoms with Crippen molar-refractivity contribution in [1.82, 2.24) is 10.1 Å². The van der Waals surface area contributed by atoms with Gasteiger partial charge in [0.2, 0.25) is 0 Å². The molecule has 88 valence electrons. The van der Waals surface area contributed by atoms with Gasteiger partial charge in [-0.3, -0.25) is 0 Å². The molecule has 0 amide bonds. The van der Waals surface area contributed by atoms with Gasteiger partial charge < -0.3 is 14.2 Å². The number of rotatable bonds is 4. The normalized spacial score (nSPS) is 11.4. The molecule has 0 N–H and O–H groups in total. The fourth-order valence-corrected chi connectivity index (χ4v) is 1.17. The van der Waals surface area contributed by atoms with E-state index < -0.39 is 5.97 Å². The summed E-state index contributed by atoms with van der Waals surface area (Å²) in [6.07, 6.45) is 1.65. The van der Waals surface area contributed by atoms with E-state index in [4.69, 9.17) is 9.26 Å². The maximum atomic E-state index is 11.7. The van der Waals surface area contributed by atoms with Gasteiger partial charge in [-0.2, -0.15) is 0 Å².